The van der Waals surface area contributed by atoms with Crippen LogP contribution in [0.15, 0.2) is 35.8 Å². The van der Waals surface area contributed by atoms with E-state index in [9.17, 15) is 4.79 Å². The summed E-state index contributed by atoms with van der Waals surface area (Å²) in [6.45, 7) is 2.51. The van der Waals surface area contributed by atoms with Crippen molar-refractivity contribution in [3.8, 4) is 17.0 Å². The molecule has 3 aromatic rings. The monoisotopic (exact) mass is 326 g/mol. The van der Waals surface area contributed by atoms with Gasteiger partial charge in [0.25, 0.3) is 0 Å². The van der Waals surface area contributed by atoms with Gasteiger partial charge in [-0.15, -0.1) is 11.3 Å². The van der Waals surface area contributed by atoms with E-state index in [0.29, 0.717) is 11.7 Å². The molecule has 7 heteroatoms. The number of hydrogen-bond donors (Lipinski definition) is 1. The van der Waals surface area contributed by atoms with Crippen molar-refractivity contribution in [2.75, 3.05) is 5.32 Å². The number of rotatable bonds is 3. The van der Waals surface area contributed by atoms with Crippen molar-refractivity contribution in [1.82, 2.24) is 14.8 Å². The number of para-hydroxylation sites is 1. The summed E-state index contributed by atoms with van der Waals surface area (Å²) in [5.74, 6) is 0.673. The van der Waals surface area contributed by atoms with Crippen LogP contribution in [0.2, 0.25) is 0 Å². The molecule has 0 aliphatic carbocycles. The largest absolute Gasteiger partial charge is 0.488 e. The highest BCUT2D eigenvalue weighted by Gasteiger charge is 2.22. The van der Waals surface area contributed by atoms with E-state index in [1.54, 1.807) is 10.9 Å². The molecule has 1 amide bonds. The molecule has 0 bridgehead atoms. The molecule has 0 saturated carbocycles. The van der Waals surface area contributed by atoms with Gasteiger partial charge in [0.15, 0.2) is 5.13 Å². The van der Waals surface area contributed by atoms with Gasteiger partial charge in [0.2, 0.25) is 5.91 Å². The number of aryl methyl sites for hydroxylation is 1. The number of amides is 1. The number of thiazole rings is 1. The summed E-state index contributed by atoms with van der Waals surface area (Å²) in [4.78, 5) is 16.5. The number of fused-ring (bicyclic) bond motifs is 3. The lowest BCUT2D eigenvalue weighted by Crippen LogP contribution is -2.20. The Hall–Kier alpha value is -2.67. The summed E-state index contributed by atoms with van der Waals surface area (Å²) in [7, 11) is 0. The molecule has 1 aromatic carbocycles. The zero-order valence-corrected chi connectivity index (χ0v) is 13.3. The summed E-state index contributed by atoms with van der Waals surface area (Å²) in [6, 6.07) is 7.79. The number of anilines is 1. The van der Waals surface area contributed by atoms with Crippen LogP contribution in [0, 0.1) is 6.92 Å². The van der Waals surface area contributed by atoms with E-state index in [1.165, 1.54) is 11.3 Å². The van der Waals surface area contributed by atoms with E-state index in [-0.39, 0.29) is 12.5 Å². The van der Waals surface area contributed by atoms with E-state index in [0.717, 1.165) is 28.3 Å². The first-order valence-corrected chi connectivity index (χ1v) is 8.07. The first kappa shape index (κ1) is 14.0. The van der Waals surface area contributed by atoms with Gasteiger partial charge >= 0.3 is 0 Å². The van der Waals surface area contributed by atoms with Gasteiger partial charge in [-0.3, -0.25) is 9.48 Å². The number of carbonyl (C=O) groups is 1. The molecule has 0 saturated heterocycles. The summed E-state index contributed by atoms with van der Waals surface area (Å²) in [5, 5.41) is 9.66. The maximum absolute atomic E-state index is 12.3. The molecule has 0 unspecified atom stereocenters. The molecule has 1 aliphatic rings. The number of nitrogens with zero attached hydrogens (tertiary/aromatic N) is 3. The summed E-state index contributed by atoms with van der Waals surface area (Å²) in [6.07, 6.45) is 1.76. The van der Waals surface area contributed by atoms with Crippen LogP contribution >= 0.6 is 11.3 Å². The fourth-order valence-corrected chi connectivity index (χ4v) is 3.32. The number of ether oxygens (including phenoxy) is 1. The Kier molecular flexibility index (Phi) is 3.34. The van der Waals surface area contributed by atoms with Crippen LogP contribution in [0.5, 0.6) is 5.75 Å². The summed E-state index contributed by atoms with van der Waals surface area (Å²) in [5.41, 5.74) is 3.79. The Labute approximate surface area is 136 Å². The van der Waals surface area contributed by atoms with Crippen molar-refractivity contribution in [3.63, 3.8) is 0 Å². The molecular weight excluding hydrogens is 312 g/mol. The van der Waals surface area contributed by atoms with E-state index < -0.39 is 0 Å². The quantitative estimate of drug-likeness (QED) is 0.803. The van der Waals surface area contributed by atoms with Gasteiger partial charge in [-0.1, -0.05) is 12.1 Å². The topological polar surface area (TPSA) is 69.0 Å². The Morgan fingerprint density at radius 2 is 2.30 bits per heavy atom. The van der Waals surface area contributed by atoms with Gasteiger partial charge < -0.3 is 10.1 Å². The molecule has 1 aliphatic heterocycles. The minimum absolute atomic E-state index is 0.141. The van der Waals surface area contributed by atoms with Crippen LogP contribution in [0.25, 0.3) is 11.3 Å². The van der Waals surface area contributed by atoms with Crippen LogP contribution in [0.1, 0.15) is 11.3 Å². The van der Waals surface area contributed by atoms with E-state index >= 15 is 0 Å². The van der Waals surface area contributed by atoms with Crippen LogP contribution in [0.3, 0.4) is 0 Å². The standard InChI is InChI=1S/C16H14N4O2S/c1-10-9-23-16(18-10)19-14(21)7-20-15-11(6-17-20)8-22-13-5-3-2-4-12(13)15/h2-6,9H,7-8H2,1H3,(H,18,19,21). The first-order chi connectivity index (χ1) is 11.2. The van der Waals surface area contributed by atoms with Crippen LogP contribution in [-0.4, -0.2) is 20.7 Å². The van der Waals surface area contributed by atoms with Gasteiger partial charge in [-0.25, -0.2) is 4.98 Å². The van der Waals surface area contributed by atoms with E-state index in [4.69, 9.17) is 4.74 Å². The third-order valence-corrected chi connectivity index (χ3v) is 4.47. The fourth-order valence-electron chi connectivity index (χ4n) is 2.61. The highest BCUT2D eigenvalue weighted by atomic mass is 32.1. The number of aromatic nitrogens is 3. The van der Waals surface area contributed by atoms with Crippen molar-refractivity contribution in [1.29, 1.82) is 0 Å². The zero-order valence-electron chi connectivity index (χ0n) is 12.4. The summed E-state index contributed by atoms with van der Waals surface area (Å²) < 4.78 is 7.42. The molecule has 1 N–H and O–H groups in total. The van der Waals surface area contributed by atoms with Gasteiger partial charge in [-0.05, 0) is 19.1 Å². The highest BCUT2D eigenvalue weighted by molar-refractivity contribution is 7.13. The predicted octanol–water partition coefficient (Wildman–Crippen LogP) is 2.85. The van der Waals surface area contributed by atoms with Gasteiger partial charge in [0.1, 0.15) is 18.9 Å². The fraction of sp³-hybridized carbons (Fsp3) is 0.188. The number of nitrogens with one attached hydrogen (secondary N) is 1. The Morgan fingerprint density at radius 1 is 1.43 bits per heavy atom. The first-order valence-electron chi connectivity index (χ1n) is 7.19. The van der Waals surface area contributed by atoms with E-state index in [1.807, 2.05) is 36.6 Å². The van der Waals surface area contributed by atoms with Crippen LogP contribution in [0.4, 0.5) is 5.13 Å². The third kappa shape index (κ3) is 2.59. The maximum Gasteiger partial charge on any atom is 0.247 e. The zero-order chi connectivity index (χ0) is 15.8. The van der Waals surface area contributed by atoms with Gasteiger partial charge in [0, 0.05) is 16.5 Å². The molecule has 6 nitrogen and oxygen atoms in total. The van der Waals surface area contributed by atoms with Gasteiger partial charge in [0.05, 0.1) is 17.6 Å². The van der Waals surface area contributed by atoms with Crippen LogP contribution < -0.4 is 10.1 Å². The molecule has 4 rings (SSSR count). The second-order valence-electron chi connectivity index (χ2n) is 5.30. The van der Waals surface area contributed by atoms with Crippen LogP contribution in [-0.2, 0) is 17.9 Å². The minimum Gasteiger partial charge on any atom is -0.488 e. The molecule has 0 fully saturated rings. The number of benzene rings is 1. The molecule has 0 atom stereocenters. The predicted molar refractivity (Wildman–Crippen MR) is 87.5 cm³/mol. The normalized spacial score (nSPS) is 12.2. The molecule has 23 heavy (non-hydrogen) atoms. The SMILES string of the molecule is Cc1csc(NC(=O)Cn2ncc3c2-c2ccccc2OC3)n1. The molecule has 0 radical (unpaired) electrons. The Morgan fingerprint density at radius 3 is 3.13 bits per heavy atom. The smallest absolute Gasteiger partial charge is 0.247 e. The highest BCUT2D eigenvalue weighted by Crippen LogP contribution is 2.36. The molecule has 0 spiro atoms. The second-order valence-corrected chi connectivity index (χ2v) is 6.16. The maximum atomic E-state index is 12.3. The summed E-state index contributed by atoms with van der Waals surface area (Å²) >= 11 is 1.42. The Balaban J connectivity index is 1.60. The molecule has 2 aromatic heterocycles. The second kappa shape index (κ2) is 5.51. The lowest BCUT2D eigenvalue weighted by molar-refractivity contribution is -0.116. The van der Waals surface area contributed by atoms with Gasteiger partial charge in [-0.2, -0.15) is 5.10 Å². The molecular formula is C16H14N4O2S. The van der Waals surface area contributed by atoms with Crippen molar-refractivity contribution in [3.05, 3.63) is 47.1 Å². The lowest BCUT2D eigenvalue weighted by Gasteiger charge is -2.19. The number of hydrogen-bond acceptors (Lipinski definition) is 5. The van der Waals surface area contributed by atoms with Crippen molar-refractivity contribution >= 4 is 22.4 Å². The van der Waals surface area contributed by atoms with Crippen molar-refractivity contribution in [2.24, 2.45) is 0 Å². The van der Waals surface area contributed by atoms with Crippen molar-refractivity contribution < 1.29 is 9.53 Å². The van der Waals surface area contributed by atoms with Crippen molar-refractivity contribution in [2.45, 2.75) is 20.1 Å². The average molecular weight is 326 g/mol. The number of carbonyl (C=O) groups excluding carboxylic acids is 1. The third-order valence-electron chi connectivity index (χ3n) is 3.60. The minimum atomic E-state index is -0.144. The lowest BCUT2D eigenvalue weighted by atomic mass is 10.0. The Bertz CT molecular complexity index is 884. The van der Waals surface area contributed by atoms with E-state index in [2.05, 4.69) is 15.4 Å². The molecule has 3 heterocycles. The average Bonchev–Trinajstić information content (AvgIpc) is 3.14. The molecule has 116 valence electrons.